The number of rotatable bonds is 3. The number of carbonyl (C=O) groups is 3. The van der Waals surface area contributed by atoms with Gasteiger partial charge in [0.05, 0.1) is 0 Å². The summed E-state index contributed by atoms with van der Waals surface area (Å²) in [7, 11) is 0. The van der Waals surface area contributed by atoms with Crippen LogP contribution in [-0.2, 0) is 21.5 Å². The van der Waals surface area contributed by atoms with Crippen molar-refractivity contribution in [3.8, 4) is 0 Å². The molecule has 2 aromatic rings. The normalized spacial score (nSPS) is 21.4. The van der Waals surface area contributed by atoms with Crippen molar-refractivity contribution in [3.05, 3.63) is 64.7 Å². The van der Waals surface area contributed by atoms with E-state index >= 15 is 0 Å². The van der Waals surface area contributed by atoms with E-state index in [1.165, 1.54) is 0 Å². The summed E-state index contributed by atoms with van der Waals surface area (Å²) in [4.78, 5) is 40.8. The third-order valence-corrected chi connectivity index (χ3v) is 5.43. The van der Waals surface area contributed by atoms with Gasteiger partial charge in [0.15, 0.2) is 0 Å². The Balaban J connectivity index is 1.55. The molecule has 0 aliphatic carbocycles. The molecular weight excluding hydrogens is 366 g/mol. The number of hydrogen-bond acceptors (Lipinski definition) is 3. The van der Waals surface area contributed by atoms with Gasteiger partial charge in [-0.05, 0) is 42.7 Å². The van der Waals surface area contributed by atoms with Crippen LogP contribution in [0.15, 0.2) is 48.5 Å². The predicted molar refractivity (Wildman–Crippen MR) is 102 cm³/mol. The molecule has 2 aromatic carbocycles. The number of halogens is 1. The van der Waals surface area contributed by atoms with Crippen LogP contribution in [-0.4, -0.2) is 35.8 Å². The summed E-state index contributed by atoms with van der Waals surface area (Å²) < 4.78 is 0. The Morgan fingerprint density at radius 3 is 2.59 bits per heavy atom. The van der Waals surface area contributed by atoms with Crippen LogP contribution < -0.4 is 10.2 Å². The molecule has 4 rings (SSSR count). The third kappa shape index (κ3) is 2.86. The summed E-state index contributed by atoms with van der Waals surface area (Å²) in [5.74, 6) is -0.723. The minimum atomic E-state index is -1.22. The topological polar surface area (TPSA) is 69.7 Å². The minimum absolute atomic E-state index is 0.274. The maximum atomic E-state index is 13.0. The van der Waals surface area contributed by atoms with Crippen molar-refractivity contribution in [2.45, 2.75) is 18.9 Å². The molecule has 0 radical (unpaired) electrons. The second kappa shape index (κ2) is 6.39. The molecule has 7 heteroatoms. The molecule has 138 valence electrons. The van der Waals surface area contributed by atoms with Crippen LogP contribution in [0.1, 0.15) is 18.1 Å². The van der Waals surface area contributed by atoms with E-state index < -0.39 is 17.5 Å². The molecular formula is C20H18ClN3O3. The Hall–Kier alpha value is -2.86. The summed E-state index contributed by atoms with van der Waals surface area (Å²) in [6.45, 7) is 1.89. The lowest BCUT2D eigenvalue weighted by molar-refractivity contribution is -0.134. The highest BCUT2D eigenvalue weighted by atomic mass is 35.5. The monoisotopic (exact) mass is 383 g/mol. The Labute approximate surface area is 161 Å². The van der Waals surface area contributed by atoms with Gasteiger partial charge in [-0.25, -0.2) is 4.79 Å². The molecule has 1 atom stereocenters. The maximum absolute atomic E-state index is 13.0. The molecule has 27 heavy (non-hydrogen) atoms. The number of nitrogens with zero attached hydrogens (tertiary/aromatic N) is 2. The molecule has 0 aromatic heterocycles. The van der Waals surface area contributed by atoms with Crippen molar-refractivity contribution in [3.63, 3.8) is 0 Å². The summed E-state index contributed by atoms with van der Waals surface area (Å²) in [6.07, 6.45) is 0.768. The fourth-order valence-electron chi connectivity index (χ4n) is 3.64. The molecule has 2 aliphatic rings. The predicted octanol–water partition coefficient (Wildman–Crippen LogP) is 2.70. The second-order valence-corrected chi connectivity index (χ2v) is 7.31. The van der Waals surface area contributed by atoms with Crippen molar-refractivity contribution < 1.29 is 14.4 Å². The first-order valence-electron chi connectivity index (χ1n) is 8.68. The Bertz CT molecular complexity index is 944. The summed E-state index contributed by atoms with van der Waals surface area (Å²) in [6, 6.07) is 13.8. The van der Waals surface area contributed by atoms with E-state index in [1.807, 2.05) is 24.3 Å². The van der Waals surface area contributed by atoms with Gasteiger partial charge in [0.25, 0.3) is 5.91 Å². The molecule has 1 saturated heterocycles. The lowest BCUT2D eigenvalue weighted by Gasteiger charge is -2.23. The molecule has 0 spiro atoms. The highest BCUT2D eigenvalue weighted by Gasteiger charge is 2.49. The average molecular weight is 384 g/mol. The van der Waals surface area contributed by atoms with Crippen LogP contribution in [0.2, 0.25) is 5.02 Å². The number of nitrogens with one attached hydrogen (secondary N) is 1. The van der Waals surface area contributed by atoms with Crippen molar-refractivity contribution in [2.24, 2.45) is 0 Å². The zero-order valence-corrected chi connectivity index (χ0v) is 15.5. The first-order valence-corrected chi connectivity index (χ1v) is 9.06. The van der Waals surface area contributed by atoms with Gasteiger partial charge in [-0.3, -0.25) is 14.5 Å². The van der Waals surface area contributed by atoms with Gasteiger partial charge >= 0.3 is 6.03 Å². The minimum Gasteiger partial charge on any atom is -0.319 e. The molecule has 2 heterocycles. The number of hydrogen-bond donors (Lipinski definition) is 1. The zero-order valence-electron chi connectivity index (χ0n) is 14.7. The van der Waals surface area contributed by atoms with Crippen molar-refractivity contribution >= 4 is 35.1 Å². The Kier molecular flexibility index (Phi) is 4.15. The van der Waals surface area contributed by atoms with Crippen LogP contribution in [0, 0.1) is 0 Å². The van der Waals surface area contributed by atoms with E-state index in [4.69, 9.17) is 11.6 Å². The van der Waals surface area contributed by atoms with Crippen LogP contribution in [0.25, 0.3) is 0 Å². The molecule has 0 bridgehead atoms. The molecule has 0 unspecified atom stereocenters. The van der Waals surface area contributed by atoms with Gasteiger partial charge < -0.3 is 10.2 Å². The number of fused-ring (bicyclic) bond motifs is 1. The number of imide groups is 1. The highest BCUT2D eigenvalue weighted by molar-refractivity contribution is 6.30. The maximum Gasteiger partial charge on any atom is 0.325 e. The van der Waals surface area contributed by atoms with E-state index in [0.717, 1.165) is 22.6 Å². The van der Waals surface area contributed by atoms with E-state index in [9.17, 15) is 14.4 Å². The van der Waals surface area contributed by atoms with Crippen molar-refractivity contribution in [1.29, 1.82) is 0 Å². The Morgan fingerprint density at radius 1 is 1.15 bits per heavy atom. The first-order chi connectivity index (χ1) is 12.9. The first kappa shape index (κ1) is 17.5. The number of amides is 4. The lowest BCUT2D eigenvalue weighted by atomic mass is 9.92. The van der Waals surface area contributed by atoms with E-state index in [0.29, 0.717) is 17.1 Å². The highest BCUT2D eigenvalue weighted by Crippen LogP contribution is 2.31. The molecule has 4 amide bonds. The van der Waals surface area contributed by atoms with Crippen LogP contribution in [0.3, 0.4) is 0 Å². The Morgan fingerprint density at radius 2 is 1.85 bits per heavy atom. The lowest BCUT2D eigenvalue weighted by Crippen LogP contribution is -2.44. The number of urea groups is 1. The van der Waals surface area contributed by atoms with Crippen LogP contribution >= 0.6 is 11.6 Å². The SMILES string of the molecule is C[C@@]1(c2ccc(Cl)cc2)NC(=O)N(CC(=O)N2CCc3ccccc32)C1=O. The second-order valence-electron chi connectivity index (χ2n) is 6.88. The van der Waals surface area contributed by atoms with Gasteiger partial charge in [0.1, 0.15) is 12.1 Å². The number of anilines is 1. The molecule has 1 fully saturated rings. The van der Waals surface area contributed by atoms with E-state index in [-0.39, 0.29) is 12.5 Å². The summed E-state index contributed by atoms with van der Waals surface area (Å²) >= 11 is 5.91. The largest absolute Gasteiger partial charge is 0.325 e. The third-order valence-electron chi connectivity index (χ3n) is 5.18. The standard InChI is InChI=1S/C20H18ClN3O3/c1-20(14-6-8-15(21)9-7-14)18(26)24(19(27)22-20)12-17(25)23-11-10-13-4-2-3-5-16(13)23/h2-9H,10-12H2,1H3,(H,22,27)/t20-/m0/s1. The molecule has 6 nitrogen and oxygen atoms in total. The smallest absolute Gasteiger partial charge is 0.319 e. The number of benzene rings is 2. The van der Waals surface area contributed by atoms with Gasteiger partial charge in [0.2, 0.25) is 5.91 Å². The van der Waals surface area contributed by atoms with Gasteiger partial charge in [-0.1, -0.05) is 41.9 Å². The number of carbonyl (C=O) groups excluding carboxylic acids is 3. The van der Waals surface area contributed by atoms with Crippen molar-refractivity contribution in [2.75, 3.05) is 18.0 Å². The fourth-order valence-corrected chi connectivity index (χ4v) is 3.76. The van der Waals surface area contributed by atoms with Crippen molar-refractivity contribution in [1.82, 2.24) is 10.2 Å². The van der Waals surface area contributed by atoms with Gasteiger partial charge in [-0.2, -0.15) is 0 Å². The quantitative estimate of drug-likeness (QED) is 0.828. The summed E-state index contributed by atoms with van der Waals surface area (Å²) in [5.41, 5.74) is 1.33. The van der Waals surface area contributed by atoms with Gasteiger partial charge in [0, 0.05) is 17.3 Å². The zero-order chi connectivity index (χ0) is 19.2. The van der Waals surface area contributed by atoms with Crippen LogP contribution in [0.5, 0.6) is 0 Å². The fraction of sp³-hybridized carbons (Fsp3) is 0.250. The van der Waals surface area contributed by atoms with E-state index in [1.54, 1.807) is 36.1 Å². The average Bonchev–Trinajstić information content (AvgIpc) is 3.18. The van der Waals surface area contributed by atoms with Gasteiger partial charge in [-0.15, -0.1) is 0 Å². The molecule has 2 aliphatic heterocycles. The van der Waals surface area contributed by atoms with E-state index in [2.05, 4.69) is 5.32 Å². The van der Waals surface area contributed by atoms with Crippen LogP contribution in [0.4, 0.5) is 10.5 Å². The summed E-state index contributed by atoms with van der Waals surface area (Å²) in [5, 5.41) is 3.25. The number of para-hydroxylation sites is 1. The molecule has 1 N–H and O–H groups in total. The molecule has 0 saturated carbocycles.